The van der Waals surface area contributed by atoms with Crippen LogP contribution in [0.3, 0.4) is 0 Å². The van der Waals surface area contributed by atoms with Gasteiger partial charge in [0.15, 0.2) is 0 Å². The molecule has 0 aromatic heterocycles. The lowest BCUT2D eigenvalue weighted by molar-refractivity contribution is -0.126. The van der Waals surface area contributed by atoms with Crippen molar-refractivity contribution in [1.82, 2.24) is 0 Å². The first-order valence-corrected chi connectivity index (χ1v) is 7.64. The maximum absolute atomic E-state index is 12.1. The molecule has 3 rings (SSSR count). The summed E-state index contributed by atoms with van der Waals surface area (Å²) in [6.07, 6.45) is 3.76. The van der Waals surface area contributed by atoms with Gasteiger partial charge in [-0.15, -0.1) is 12.4 Å². The van der Waals surface area contributed by atoms with E-state index in [2.05, 4.69) is 5.32 Å². The number of carbonyl (C=O) groups is 1. The second-order valence-electron chi connectivity index (χ2n) is 5.83. The van der Waals surface area contributed by atoms with E-state index in [-0.39, 0.29) is 30.5 Å². The molecule has 1 aliphatic heterocycles. The van der Waals surface area contributed by atoms with Gasteiger partial charge in [0.2, 0.25) is 0 Å². The summed E-state index contributed by atoms with van der Waals surface area (Å²) in [7, 11) is 0. The second-order valence-corrected chi connectivity index (χ2v) is 5.83. The molecule has 1 aromatic rings. The van der Waals surface area contributed by atoms with Gasteiger partial charge in [-0.25, -0.2) is 0 Å². The van der Waals surface area contributed by atoms with E-state index in [1.165, 1.54) is 12.8 Å². The van der Waals surface area contributed by atoms with Crippen LogP contribution in [0.2, 0.25) is 0 Å². The number of rotatable bonds is 6. The van der Waals surface area contributed by atoms with Gasteiger partial charge in [-0.05, 0) is 55.9 Å². The number of ether oxygens (including phenoxy) is 2. The van der Waals surface area contributed by atoms with Crippen LogP contribution in [0, 0.1) is 5.92 Å². The van der Waals surface area contributed by atoms with Crippen molar-refractivity contribution in [3.05, 3.63) is 24.3 Å². The minimum Gasteiger partial charge on any atom is -0.493 e. The van der Waals surface area contributed by atoms with Crippen molar-refractivity contribution < 1.29 is 14.3 Å². The van der Waals surface area contributed by atoms with Gasteiger partial charge >= 0.3 is 0 Å². The molecule has 122 valence electrons. The minimum absolute atomic E-state index is 0. The maximum atomic E-state index is 12.1. The highest BCUT2D eigenvalue weighted by Crippen LogP contribution is 2.29. The van der Waals surface area contributed by atoms with Crippen molar-refractivity contribution in [3.8, 4) is 5.75 Å². The highest BCUT2D eigenvalue weighted by Gasteiger charge is 2.29. The van der Waals surface area contributed by atoms with Crippen molar-refractivity contribution in [2.24, 2.45) is 11.7 Å². The summed E-state index contributed by atoms with van der Waals surface area (Å²) in [5, 5.41) is 2.87. The molecule has 1 heterocycles. The fourth-order valence-electron chi connectivity index (χ4n) is 2.43. The van der Waals surface area contributed by atoms with Crippen LogP contribution in [0.25, 0.3) is 0 Å². The largest absolute Gasteiger partial charge is 0.493 e. The Bertz CT molecular complexity index is 491. The average Bonchev–Trinajstić information content (AvgIpc) is 3.21. The summed E-state index contributed by atoms with van der Waals surface area (Å²) in [6, 6.07) is 7.48. The summed E-state index contributed by atoms with van der Waals surface area (Å²) in [5.41, 5.74) is 6.31. The molecule has 1 saturated carbocycles. The molecule has 6 heteroatoms. The van der Waals surface area contributed by atoms with E-state index in [1.54, 1.807) is 0 Å². The molecule has 22 heavy (non-hydrogen) atoms. The first-order chi connectivity index (χ1) is 10.2. The van der Waals surface area contributed by atoms with E-state index in [0.29, 0.717) is 6.54 Å². The molecule has 2 atom stereocenters. The molecule has 5 nitrogen and oxygen atoms in total. The molecule has 0 spiro atoms. The van der Waals surface area contributed by atoms with E-state index in [9.17, 15) is 4.79 Å². The number of nitrogens with one attached hydrogen (secondary N) is 1. The number of carbonyl (C=O) groups excluding carboxylic acids is 1. The molecule has 0 radical (unpaired) electrons. The van der Waals surface area contributed by atoms with Crippen LogP contribution in [-0.4, -0.2) is 31.3 Å². The molecule has 0 unspecified atom stereocenters. The number of halogens is 1. The van der Waals surface area contributed by atoms with Crippen LogP contribution in [0.1, 0.15) is 25.7 Å². The van der Waals surface area contributed by atoms with Crippen molar-refractivity contribution in [3.63, 3.8) is 0 Å². The Morgan fingerprint density at radius 2 is 1.95 bits per heavy atom. The Morgan fingerprint density at radius 1 is 1.23 bits per heavy atom. The van der Waals surface area contributed by atoms with Crippen LogP contribution in [0.5, 0.6) is 5.75 Å². The number of hydrogen-bond donors (Lipinski definition) is 2. The summed E-state index contributed by atoms with van der Waals surface area (Å²) in [5.74, 6) is 1.48. The Kier molecular flexibility index (Phi) is 6.06. The average molecular weight is 327 g/mol. The first-order valence-electron chi connectivity index (χ1n) is 7.64. The monoisotopic (exact) mass is 326 g/mol. The van der Waals surface area contributed by atoms with Gasteiger partial charge < -0.3 is 20.5 Å². The van der Waals surface area contributed by atoms with Gasteiger partial charge in [0.1, 0.15) is 11.9 Å². The van der Waals surface area contributed by atoms with Crippen LogP contribution >= 0.6 is 12.4 Å². The summed E-state index contributed by atoms with van der Waals surface area (Å²) < 4.78 is 11.2. The van der Waals surface area contributed by atoms with Gasteiger partial charge in [-0.2, -0.15) is 0 Å². The van der Waals surface area contributed by atoms with E-state index in [0.717, 1.165) is 36.8 Å². The first kappa shape index (κ1) is 17.1. The highest BCUT2D eigenvalue weighted by molar-refractivity contribution is 5.94. The maximum Gasteiger partial charge on any atom is 0.253 e. The van der Waals surface area contributed by atoms with Crippen molar-refractivity contribution in [2.75, 3.05) is 18.5 Å². The number of anilines is 1. The van der Waals surface area contributed by atoms with Crippen molar-refractivity contribution in [2.45, 2.75) is 37.9 Å². The van der Waals surface area contributed by atoms with E-state index < -0.39 is 0 Å². The molecule has 0 bridgehead atoms. The quantitative estimate of drug-likeness (QED) is 0.841. The molecular weight excluding hydrogens is 304 g/mol. The fourth-order valence-corrected chi connectivity index (χ4v) is 2.43. The van der Waals surface area contributed by atoms with Gasteiger partial charge in [-0.1, -0.05) is 0 Å². The molecule has 1 aliphatic carbocycles. The lowest BCUT2D eigenvalue weighted by Crippen LogP contribution is -2.29. The van der Waals surface area contributed by atoms with Gasteiger partial charge in [0.05, 0.1) is 12.7 Å². The highest BCUT2D eigenvalue weighted by atomic mass is 35.5. The lowest BCUT2D eigenvalue weighted by atomic mass is 10.2. The number of nitrogens with two attached hydrogens (primary N) is 1. The SMILES string of the molecule is Cl.NC[C@H]1CC[C@@H](C(=O)Nc2ccc(OCC3CC3)cc2)O1. The minimum atomic E-state index is -0.385. The normalized spacial score (nSPS) is 23.7. The molecule has 3 N–H and O–H groups in total. The van der Waals surface area contributed by atoms with E-state index in [4.69, 9.17) is 15.2 Å². The summed E-state index contributed by atoms with van der Waals surface area (Å²) in [6.45, 7) is 1.26. The standard InChI is InChI=1S/C16H22N2O3.ClH/c17-9-14-7-8-15(21-14)16(19)18-12-3-5-13(6-4-12)20-10-11-1-2-11;/h3-6,11,14-15H,1-2,7-10,17H2,(H,18,19);1H/t14-,15+;/m1./s1. The van der Waals surface area contributed by atoms with Crippen molar-refractivity contribution in [1.29, 1.82) is 0 Å². The zero-order valence-corrected chi connectivity index (χ0v) is 13.3. The third-order valence-electron chi connectivity index (χ3n) is 3.97. The lowest BCUT2D eigenvalue weighted by Gasteiger charge is -2.13. The molecule has 1 saturated heterocycles. The molecular formula is C16H23ClN2O3. The summed E-state index contributed by atoms with van der Waals surface area (Å²) >= 11 is 0. The second kappa shape index (κ2) is 7.81. The number of hydrogen-bond acceptors (Lipinski definition) is 4. The topological polar surface area (TPSA) is 73.6 Å². The summed E-state index contributed by atoms with van der Waals surface area (Å²) in [4.78, 5) is 12.1. The molecule has 2 fully saturated rings. The Morgan fingerprint density at radius 3 is 2.55 bits per heavy atom. The van der Waals surface area contributed by atoms with E-state index in [1.807, 2.05) is 24.3 Å². The predicted octanol–water partition coefficient (Wildman–Crippen LogP) is 2.34. The van der Waals surface area contributed by atoms with Gasteiger partial charge in [0, 0.05) is 12.2 Å². The van der Waals surface area contributed by atoms with Crippen LogP contribution in [0.15, 0.2) is 24.3 Å². The van der Waals surface area contributed by atoms with Crippen LogP contribution in [-0.2, 0) is 9.53 Å². The Balaban J connectivity index is 0.00000176. The zero-order chi connectivity index (χ0) is 14.7. The van der Waals surface area contributed by atoms with Gasteiger partial charge in [0.25, 0.3) is 5.91 Å². The Hall–Kier alpha value is -1.30. The van der Waals surface area contributed by atoms with E-state index >= 15 is 0 Å². The third-order valence-corrected chi connectivity index (χ3v) is 3.97. The van der Waals surface area contributed by atoms with Crippen molar-refractivity contribution >= 4 is 24.0 Å². The fraction of sp³-hybridized carbons (Fsp3) is 0.562. The smallest absolute Gasteiger partial charge is 0.253 e. The number of amides is 1. The molecule has 1 amide bonds. The Labute approximate surface area is 137 Å². The van der Waals surface area contributed by atoms with Crippen LogP contribution in [0.4, 0.5) is 5.69 Å². The third kappa shape index (κ3) is 4.60. The molecule has 1 aromatic carbocycles. The zero-order valence-electron chi connectivity index (χ0n) is 12.5. The predicted molar refractivity (Wildman–Crippen MR) is 87.5 cm³/mol. The van der Waals surface area contributed by atoms with Crippen LogP contribution < -0.4 is 15.8 Å². The molecule has 2 aliphatic rings. The van der Waals surface area contributed by atoms with Gasteiger partial charge in [-0.3, -0.25) is 4.79 Å². The number of benzene rings is 1.